The number of anilines is 1. The van der Waals surface area contributed by atoms with Gasteiger partial charge in [0.1, 0.15) is 0 Å². The van der Waals surface area contributed by atoms with Gasteiger partial charge in [-0.25, -0.2) is 0 Å². The minimum absolute atomic E-state index is 0.0732. The van der Waals surface area contributed by atoms with E-state index in [2.05, 4.69) is 44.3 Å². The SMILES string of the molecule is O=C(C1CCCN(c2ccc(-c3cccnc3)nn2)C1)N(Cc1ccccc1)Cc1ccccc1. The molecule has 4 aromatic rings. The maximum Gasteiger partial charge on any atom is 0.228 e. The molecule has 0 N–H and O–H groups in total. The quantitative estimate of drug-likeness (QED) is 0.387. The van der Waals surface area contributed by atoms with Gasteiger partial charge in [0.2, 0.25) is 5.91 Å². The van der Waals surface area contributed by atoms with Gasteiger partial charge >= 0.3 is 0 Å². The molecule has 1 saturated heterocycles. The third kappa shape index (κ3) is 5.72. The van der Waals surface area contributed by atoms with Gasteiger partial charge in [-0.15, -0.1) is 10.2 Å². The number of pyridine rings is 1. The summed E-state index contributed by atoms with van der Waals surface area (Å²) in [6.07, 6.45) is 5.37. The van der Waals surface area contributed by atoms with E-state index in [1.807, 2.05) is 65.6 Å². The van der Waals surface area contributed by atoms with E-state index in [-0.39, 0.29) is 11.8 Å². The number of aromatic nitrogens is 3. The number of amides is 1. The zero-order valence-corrected chi connectivity index (χ0v) is 19.7. The summed E-state index contributed by atoms with van der Waals surface area (Å²) in [6.45, 7) is 2.73. The fraction of sp³-hybridized carbons (Fsp3) is 0.241. The molecular weight excluding hydrogens is 434 g/mol. The maximum absolute atomic E-state index is 13.8. The first-order valence-electron chi connectivity index (χ1n) is 12.1. The highest BCUT2D eigenvalue weighted by Crippen LogP contribution is 2.25. The molecule has 35 heavy (non-hydrogen) atoms. The number of carbonyl (C=O) groups is 1. The number of carbonyl (C=O) groups excluding carboxylic acids is 1. The second-order valence-corrected chi connectivity index (χ2v) is 8.97. The summed E-state index contributed by atoms with van der Waals surface area (Å²) in [4.78, 5) is 22.1. The number of nitrogens with zero attached hydrogens (tertiary/aromatic N) is 5. The van der Waals surface area contributed by atoms with Gasteiger partial charge in [0, 0.05) is 44.1 Å². The number of benzene rings is 2. The van der Waals surface area contributed by atoms with E-state index in [1.165, 1.54) is 0 Å². The Morgan fingerprint density at radius 3 is 2.17 bits per heavy atom. The Balaban J connectivity index is 1.31. The summed E-state index contributed by atoms with van der Waals surface area (Å²) in [6, 6.07) is 28.3. The van der Waals surface area contributed by atoms with Crippen LogP contribution in [0.4, 0.5) is 5.82 Å². The van der Waals surface area contributed by atoms with Crippen molar-refractivity contribution in [1.82, 2.24) is 20.1 Å². The van der Waals surface area contributed by atoms with Crippen molar-refractivity contribution >= 4 is 11.7 Å². The van der Waals surface area contributed by atoms with E-state index in [4.69, 9.17) is 0 Å². The number of hydrogen-bond donors (Lipinski definition) is 0. The van der Waals surface area contributed by atoms with E-state index < -0.39 is 0 Å². The Bertz CT molecular complexity index is 1170. The molecule has 0 saturated carbocycles. The van der Waals surface area contributed by atoms with Crippen LogP contribution in [0.3, 0.4) is 0 Å². The van der Waals surface area contributed by atoms with Crippen LogP contribution in [0.5, 0.6) is 0 Å². The van der Waals surface area contributed by atoms with Crippen molar-refractivity contribution in [1.29, 1.82) is 0 Å². The molecule has 0 bridgehead atoms. The Labute approximate surface area is 206 Å². The molecular formula is C29H29N5O. The fourth-order valence-electron chi connectivity index (χ4n) is 4.63. The van der Waals surface area contributed by atoms with Gasteiger partial charge in [0.25, 0.3) is 0 Å². The molecule has 1 atom stereocenters. The first kappa shape index (κ1) is 22.7. The topological polar surface area (TPSA) is 62.2 Å². The summed E-state index contributed by atoms with van der Waals surface area (Å²) in [5.41, 5.74) is 4.02. The van der Waals surface area contributed by atoms with Gasteiger partial charge in [-0.2, -0.15) is 0 Å². The molecule has 5 rings (SSSR count). The number of rotatable bonds is 7. The van der Waals surface area contributed by atoms with Crippen LogP contribution in [-0.2, 0) is 17.9 Å². The van der Waals surface area contributed by atoms with Gasteiger partial charge in [-0.3, -0.25) is 9.78 Å². The molecule has 1 amide bonds. The summed E-state index contributed by atoms with van der Waals surface area (Å²) >= 11 is 0. The van der Waals surface area contributed by atoms with Crippen LogP contribution in [-0.4, -0.2) is 39.1 Å². The van der Waals surface area contributed by atoms with E-state index in [0.717, 1.165) is 47.6 Å². The third-order valence-corrected chi connectivity index (χ3v) is 6.45. The Morgan fingerprint density at radius 1 is 0.857 bits per heavy atom. The monoisotopic (exact) mass is 463 g/mol. The van der Waals surface area contributed by atoms with Crippen LogP contribution < -0.4 is 4.90 Å². The summed E-state index contributed by atoms with van der Waals surface area (Å²) < 4.78 is 0. The van der Waals surface area contributed by atoms with Gasteiger partial charge in [-0.1, -0.05) is 60.7 Å². The van der Waals surface area contributed by atoms with Gasteiger partial charge in [0.15, 0.2) is 5.82 Å². The minimum atomic E-state index is -0.0732. The van der Waals surface area contributed by atoms with E-state index >= 15 is 0 Å². The lowest BCUT2D eigenvalue weighted by Crippen LogP contribution is -2.44. The van der Waals surface area contributed by atoms with Crippen molar-refractivity contribution in [2.45, 2.75) is 25.9 Å². The van der Waals surface area contributed by atoms with Crippen LogP contribution in [0.25, 0.3) is 11.3 Å². The second-order valence-electron chi connectivity index (χ2n) is 8.97. The normalized spacial score (nSPS) is 15.5. The molecule has 1 aliphatic rings. The highest BCUT2D eigenvalue weighted by atomic mass is 16.2. The Morgan fingerprint density at radius 2 is 1.57 bits per heavy atom. The second kappa shape index (κ2) is 10.9. The maximum atomic E-state index is 13.8. The lowest BCUT2D eigenvalue weighted by Gasteiger charge is -2.35. The fourth-order valence-corrected chi connectivity index (χ4v) is 4.63. The molecule has 0 radical (unpaired) electrons. The largest absolute Gasteiger partial charge is 0.354 e. The van der Waals surface area contributed by atoms with Crippen LogP contribution in [0.15, 0.2) is 97.3 Å². The van der Waals surface area contributed by atoms with Crippen molar-refractivity contribution in [2.24, 2.45) is 5.92 Å². The minimum Gasteiger partial charge on any atom is -0.354 e. The Hall–Kier alpha value is -4.06. The van der Waals surface area contributed by atoms with Crippen molar-refractivity contribution in [2.75, 3.05) is 18.0 Å². The zero-order chi connectivity index (χ0) is 23.9. The summed E-state index contributed by atoms with van der Waals surface area (Å²) in [5.74, 6) is 0.936. The molecule has 6 nitrogen and oxygen atoms in total. The van der Waals surface area contributed by atoms with Gasteiger partial charge < -0.3 is 9.80 Å². The third-order valence-electron chi connectivity index (χ3n) is 6.45. The average molecular weight is 464 g/mol. The predicted molar refractivity (Wildman–Crippen MR) is 137 cm³/mol. The van der Waals surface area contributed by atoms with Crippen molar-refractivity contribution in [3.05, 3.63) is 108 Å². The molecule has 2 aromatic carbocycles. The number of hydrogen-bond acceptors (Lipinski definition) is 5. The van der Waals surface area contributed by atoms with Crippen LogP contribution >= 0.6 is 0 Å². The van der Waals surface area contributed by atoms with Crippen molar-refractivity contribution < 1.29 is 4.79 Å². The molecule has 0 aliphatic carbocycles. The highest BCUT2D eigenvalue weighted by molar-refractivity contribution is 5.80. The Kier molecular flexibility index (Phi) is 7.08. The number of piperidine rings is 1. The molecule has 2 aromatic heterocycles. The van der Waals surface area contributed by atoms with Gasteiger partial charge in [-0.05, 0) is 48.2 Å². The van der Waals surface area contributed by atoms with Gasteiger partial charge in [0.05, 0.1) is 11.6 Å². The summed E-state index contributed by atoms with van der Waals surface area (Å²) in [7, 11) is 0. The smallest absolute Gasteiger partial charge is 0.228 e. The first-order chi connectivity index (χ1) is 17.3. The molecule has 6 heteroatoms. The van der Waals surface area contributed by atoms with Crippen LogP contribution in [0.2, 0.25) is 0 Å². The molecule has 176 valence electrons. The average Bonchev–Trinajstić information content (AvgIpc) is 2.94. The standard InChI is InChI=1S/C29H29N5O/c35-29(34(20-23-9-3-1-4-10-23)21-24-11-5-2-6-12-24)26-14-8-18-33(22-26)28-16-15-27(31-32-28)25-13-7-17-30-19-25/h1-7,9-13,15-17,19,26H,8,14,18,20-22H2. The lowest BCUT2D eigenvalue weighted by atomic mass is 9.96. The molecule has 0 spiro atoms. The molecule has 3 heterocycles. The van der Waals surface area contributed by atoms with Crippen molar-refractivity contribution in [3.8, 4) is 11.3 Å². The lowest BCUT2D eigenvalue weighted by molar-refractivity contribution is -0.137. The van der Waals surface area contributed by atoms with Crippen LogP contribution in [0, 0.1) is 5.92 Å². The molecule has 1 unspecified atom stereocenters. The zero-order valence-electron chi connectivity index (χ0n) is 19.7. The van der Waals surface area contributed by atoms with Crippen LogP contribution in [0.1, 0.15) is 24.0 Å². The van der Waals surface area contributed by atoms with E-state index in [9.17, 15) is 4.79 Å². The summed E-state index contributed by atoms with van der Waals surface area (Å²) in [5, 5.41) is 8.89. The predicted octanol–water partition coefficient (Wildman–Crippen LogP) is 4.98. The van der Waals surface area contributed by atoms with Crippen molar-refractivity contribution in [3.63, 3.8) is 0 Å². The molecule has 1 aliphatic heterocycles. The highest BCUT2D eigenvalue weighted by Gasteiger charge is 2.30. The first-order valence-corrected chi connectivity index (χ1v) is 12.1. The van der Waals surface area contributed by atoms with E-state index in [0.29, 0.717) is 19.6 Å². The molecule has 1 fully saturated rings. The van der Waals surface area contributed by atoms with E-state index in [1.54, 1.807) is 12.4 Å².